The van der Waals surface area contributed by atoms with Crippen LogP contribution in [0.25, 0.3) is 0 Å². The monoisotopic (exact) mass is 194 g/mol. The summed E-state index contributed by atoms with van der Waals surface area (Å²) < 4.78 is 15.1. The van der Waals surface area contributed by atoms with Crippen molar-refractivity contribution in [3.8, 4) is 0 Å². The maximum Gasteiger partial charge on any atom is 0.330 e. The normalized spacial score (nSPS) is 15.2. The Kier molecular flexibility index (Phi) is 4.17. The van der Waals surface area contributed by atoms with E-state index in [1.54, 1.807) is 0 Å². The van der Waals surface area contributed by atoms with Gasteiger partial charge in [-0.15, -0.1) is 0 Å². The molecule has 0 spiro atoms. The van der Waals surface area contributed by atoms with E-state index in [0.717, 1.165) is 7.11 Å². The Morgan fingerprint density at radius 2 is 2.17 bits per heavy atom. The quantitative estimate of drug-likeness (QED) is 0.500. The summed E-state index contributed by atoms with van der Waals surface area (Å²) in [5.74, 6) is -1.16. The molecular formula is C6H11O5P. The number of hydrogen-bond donors (Lipinski definition) is 2. The third-order valence-electron chi connectivity index (χ3n) is 1.28. The van der Waals surface area contributed by atoms with E-state index in [2.05, 4.69) is 11.1 Å². The van der Waals surface area contributed by atoms with Gasteiger partial charge in [0.1, 0.15) is 0 Å². The molecular weight excluding hydrogens is 183 g/mol. The molecule has 12 heavy (non-hydrogen) atoms. The van der Waals surface area contributed by atoms with Gasteiger partial charge in [0.2, 0.25) is 0 Å². The molecule has 0 saturated carbocycles. The molecule has 0 aliphatic carbocycles. The van der Waals surface area contributed by atoms with E-state index in [1.165, 1.54) is 0 Å². The van der Waals surface area contributed by atoms with Crippen molar-refractivity contribution in [3.05, 3.63) is 12.2 Å². The van der Waals surface area contributed by atoms with Crippen LogP contribution in [0.1, 0.15) is 6.42 Å². The Labute approximate surface area is 70.2 Å². The van der Waals surface area contributed by atoms with Crippen LogP contribution < -0.4 is 0 Å². The minimum absolute atomic E-state index is 0.0447. The van der Waals surface area contributed by atoms with Gasteiger partial charge >= 0.3 is 13.6 Å². The van der Waals surface area contributed by atoms with Crippen LogP contribution in [0, 0.1) is 0 Å². The highest BCUT2D eigenvalue weighted by molar-refractivity contribution is 7.52. The number of carbonyl (C=O) groups is 1. The average Bonchev–Trinajstić information content (AvgIpc) is 2.00. The zero-order valence-corrected chi connectivity index (χ0v) is 7.58. The summed E-state index contributed by atoms with van der Waals surface area (Å²) in [5, 5.41) is 8.34. The van der Waals surface area contributed by atoms with Crippen LogP contribution in [-0.4, -0.2) is 29.2 Å². The number of rotatable bonds is 5. The molecule has 1 unspecified atom stereocenters. The molecule has 0 amide bonds. The average molecular weight is 194 g/mol. The Balaban J connectivity index is 3.92. The molecule has 0 aromatic carbocycles. The molecule has 0 aliphatic heterocycles. The third-order valence-corrected chi connectivity index (χ3v) is 2.64. The minimum atomic E-state index is -3.59. The fraction of sp³-hybridized carbons (Fsp3) is 0.500. The molecule has 70 valence electrons. The van der Waals surface area contributed by atoms with E-state index in [-0.39, 0.29) is 18.2 Å². The third kappa shape index (κ3) is 4.28. The van der Waals surface area contributed by atoms with E-state index in [1.807, 2.05) is 0 Å². The number of carboxylic acids is 1. The molecule has 0 fully saturated rings. The second-order valence-electron chi connectivity index (χ2n) is 2.20. The summed E-state index contributed by atoms with van der Waals surface area (Å²) in [4.78, 5) is 19.0. The number of hydrogen-bond acceptors (Lipinski definition) is 3. The van der Waals surface area contributed by atoms with Crippen molar-refractivity contribution in [1.82, 2.24) is 0 Å². The number of carboxylic acid groups (broad SMARTS) is 1. The van der Waals surface area contributed by atoms with E-state index in [9.17, 15) is 9.36 Å². The van der Waals surface area contributed by atoms with Crippen molar-refractivity contribution in [2.45, 2.75) is 6.42 Å². The topological polar surface area (TPSA) is 83.8 Å². The summed E-state index contributed by atoms with van der Waals surface area (Å²) in [5.41, 5.74) is -0.0960. The van der Waals surface area contributed by atoms with Crippen LogP contribution in [0.5, 0.6) is 0 Å². The van der Waals surface area contributed by atoms with Gasteiger partial charge in [0.05, 0.1) is 6.16 Å². The van der Waals surface area contributed by atoms with Crippen LogP contribution in [0.2, 0.25) is 0 Å². The van der Waals surface area contributed by atoms with E-state index < -0.39 is 13.6 Å². The van der Waals surface area contributed by atoms with E-state index in [4.69, 9.17) is 10.00 Å². The maximum absolute atomic E-state index is 10.8. The lowest BCUT2D eigenvalue weighted by Crippen LogP contribution is -2.02. The molecule has 0 aromatic heterocycles. The van der Waals surface area contributed by atoms with Crippen LogP contribution in [0.15, 0.2) is 12.2 Å². The van der Waals surface area contributed by atoms with Gasteiger partial charge in [-0.05, 0) is 6.42 Å². The molecule has 6 heteroatoms. The molecule has 0 heterocycles. The Hall–Kier alpha value is -0.640. The SMILES string of the molecule is C=C(CCP(=O)(O)OC)C(=O)O. The summed E-state index contributed by atoms with van der Waals surface area (Å²) in [6, 6.07) is 0. The van der Waals surface area contributed by atoms with Crippen LogP contribution in [-0.2, 0) is 13.9 Å². The first-order chi connectivity index (χ1) is 5.39. The Morgan fingerprint density at radius 1 is 1.67 bits per heavy atom. The molecule has 0 aliphatic rings. The Morgan fingerprint density at radius 3 is 2.50 bits per heavy atom. The summed E-state index contributed by atoms with van der Waals surface area (Å²) in [6.45, 7) is 3.20. The smallest absolute Gasteiger partial charge is 0.330 e. The van der Waals surface area contributed by atoms with E-state index >= 15 is 0 Å². The molecule has 0 saturated heterocycles. The molecule has 2 N–H and O–H groups in total. The largest absolute Gasteiger partial charge is 0.478 e. The van der Waals surface area contributed by atoms with Gasteiger partial charge in [-0.3, -0.25) is 4.57 Å². The van der Waals surface area contributed by atoms with Gasteiger partial charge in [0.15, 0.2) is 0 Å². The molecule has 5 nitrogen and oxygen atoms in total. The zero-order chi connectivity index (χ0) is 9.78. The van der Waals surface area contributed by atoms with Crippen molar-refractivity contribution in [2.24, 2.45) is 0 Å². The van der Waals surface area contributed by atoms with Crippen LogP contribution in [0.4, 0.5) is 0 Å². The second-order valence-corrected chi connectivity index (χ2v) is 4.29. The molecule has 0 rings (SSSR count). The lowest BCUT2D eigenvalue weighted by Gasteiger charge is -2.07. The van der Waals surface area contributed by atoms with Crippen LogP contribution in [0.3, 0.4) is 0 Å². The maximum atomic E-state index is 10.8. The molecule has 0 bridgehead atoms. The first kappa shape index (κ1) is 11.4. The predicted molar refractivity (Wildman–Crippen MR) is 43.1 cm³/mol. The van der Waals surface area contributed by atoms with Gasteiger partial charge in [0.25, 0.3) is 0 Å². The highest BCUT2D eigenvalue weighted by atomic mass is 31.2. The lowest BCUT2D eigenvalue weighted by molar-refractivity contribution is -0.132. The van der Waals surface area contributed by atoms with Crippen molar-refractivity contribution in [3.63, 3.8) is 0 Å². The summed E-state index contributed by atoms with van der Waals surface area (Å²) >= 11 is 0. The van der Waals surface area contributed by atoms with Gasteiger partial charge in [-0.2, -0.15) is 0 Å². The van der Waals surface area contributed by atoms with Crippen molar-refractivity contribution < 1.29 is 23.9 Å². The highest BCUT2D eigenvalue weighted by Crippen LogP contribution is 2.41. The molecule has 0 aromatic rings. The second kappa shape index (κ2) is 4.40. The summed E-state index contributed by atoms with van der Waals surface area (Å²) in [6.07, 6.45) is -0.258. The predicted octanol–water partition coefficient (Wildman–Crippen LogP) is 0.849. The fourth-order valence-corrected chi connectivity index (χ4v) is 1.21. The van der Waals surface area contributed by atoms with Gasteiger partial charge in [0, 0.05) is 12.7 Å². The molecule has 0 radical (unpaired) electrons. The minimum Gasteiger partial charge on any atom is -0.478 e. The van der Waals surface area contributed by atoms with Crippen molar-refractivity contribution >= 4 is 13.6 Å². The van der Waals surface area contributed by atoms with Gasteiger partial charge in [-0.1, -0.05) is 6.58 Å². The molecule has 1 atom stereocenters. The van der Waals surface area contributed by atoms with Gasteiger partial charge in [-0.25, -0.2) is 4.79 Å². The summed E-state index contributed by atoms with van der Waals surface area (Å²) in [7, 11) is -2.49. The lowest BCUT2D eigenvalue weighted by atomic mass is 10.2. The zero-order valence-electron chi connectivity index (χ0n) is 6.69. The van der Waals surface area contributed by atoms with Crippen LogP contribution >= 0.6 is 7.60 Å². The fourth-order valence-electron chi connectivity index (χ4n) is 0.474. The highest BCUT2D eigenvalue weighted by Gasteiger charge is 2.18. The van der Waals surface area contributed by atoms with Crippen molar-refractivity contribution in [2.75, 3.05) is 13.3 Å². The van der Waals surface area contributed by atoms with Crippen molar-refractivity contribution in [1.29, 1.82) is 0 Å². The first-order valence-corrected chi connectivity index (χ1v) is 4.94. The standard InChI is InChI=1S/C6H11O5P/c1-5(6(7)8)3-4-12(9,10)11-2/h1,3-4H2,2H3,(H,7,8)(H,9,10). The number of aliphatic carboxylic acids is 1. The first-order valence-electron chi connectivity index (χ1n) is 3.17. The van der Waals surface area contributed by atoms with E-state index in [0.29, 0.717) is 0 Å². The van der Waals surface area contributed by atoms with Gasteiger partial charge < -0.3 is 14.5 Å². The Bertz CT molecular complexity index is 234.